The van der Waals surface area contributed by atoms with Crippen molar-refractivity contribution >= 4 is 23.4 Å². The molecule has 0 aliphatic heterocycles. The van der Waals surface area contributed by atoms with E-state index in [-0.39, 0.29) is 17.0 Å². The smallest absolute Gasteiger partial charge is 0.272 e. The number of thioether (sulfide) groups is 1. The van der Waals surface area contributed by atoms with Gasteiger partial charge in [-0.15, -0.1) is 10.2 Å². The Balaban J connectivity index is 1.48. The molecule has 1 N–H and O–H groups in total. The van der Waals surface area contributed by atoms with Crippen LogP contribution in [0.4, 0.5) is 13.2 Å². The summed E-state index contributed by atoms with van der Waals surface area (Å²) in [6.45, 7) is 1.53. The van der Waals surface area contributed by atoms with Crippen LogP contribution in [0.3, 0.4) is 0 Å². The van der Waals surface area contributed by atoms with Gasteiger partial charge in [-0.1, -0.05) is 72.4 Å². The monoisotopic (exact) mass is 495 g/mol. The number of rotatable bonds is 7. The van der Waals surface area contributed by atoms with Crippen molar-refractivity contribution in [2.45, 2.75) is 18.3 Å². The molecule has 0 unspecified atom stereocenters. The third kappa shape index (κ3) is 5.96. The van der Waals surface area contributed by atoms with E-state index in [1.54, 1.807) is 0 Å². The van der Waals surface area contributed by atoms with Gasteiger partial charge in [0.1, 0.15) is 0 Å². The second kappa shape index (κ2) is 10.6. The first-order chi connectivity index (χ1) is 16.8. The fraction of sp³-hybridized carbons (Fsp3) is 0.120. The second-order valence-corrected chi connectivity index (χ2v) is 8.39. The Labute approximate surface area is 203 Å². The molecule has 0 aliphatic rings. The molecule has 1 aromatic heterocycles. The normalized spacial score (nSPS) is 11.9. The summed E-state index contributed by atoms with van der Waals surface area (Å²) in [5.74, 6) is 0.197. The third-order valence-corrected chi connectivity index (χ3v) is 5.90. The van der Waals surface area contributed by atoms with Crippen molar-refractivity contribution < 1.29 is 18.0 Å². The molecule has 3 aromatic carbocycles. The Morgan fingerprint density at radius 2 is 1.66 bits per heavy atom. The lowest BCUT2D eigenvalue weighted by Gasteiger charge is -2.10. The quantitative estimate of drug-likeness (QED) is 0.206. The predicted octanol–water partition coefficient (Wildman–Crippen LogP) is 5.59. The van der Waals surface area contributed by atoms with Crippen LogP contribution in [0, 0.1) is 0 Å². The number of carbonyl (C=O) groups is 1. The summed E-state index contributed by atoms with van der Waals surface area (Å²) in [5, 5.41) is 13.1. The summed E-state index contributed by atoms with van der Waals surface area (Å²) in [6.07, 6.45) is -4.45. The largest absolute Gasteiger partial charge is 0.416 e. The maximum atomic E-state index is 12.9. The molecule has 0 aliphatic carbocycles. The number of halogens is 3. The number of nitrogens with zero attached hydrogens (tertiary/aromatic N) is 4. The van der Waals surface area contributed by atoms with Crippen molar-refractivity contribution in [3.63, 3.8) is 0 Å². The van der Waals surface area contributed by atoms with Gasteiger partial charge >= 0.3 is 6.18 Å². The Bertz CT molecular complexity index is 1340. The number of benzene rings is 3. The minimum absolute atomic E-state index is 0.0148. The fourth-order valence-corrected chi connectivity index (χ4v) is 3.99. The number of carbonyl (C=O) groups excluding carboxylic acids is 1. The zero-order chi connectivity index (χ0) is 24.8. The standard InChI is InChI=1S/C25H20F3N5OS/c1-17(19-11-8-12-20(15-19)25(26,27)28)29-30-22(34)16-35-24-32-31-23(18-9-4-2-5-10-18)33(24)21-13-6-3-7-14-21/h2-15H,16H2,1H3,(H,30,34)/b29-17+. The minimum Gasteiger partial charge on any atom is -0.272 e. The van der Waals surface area contributed by atoms with Crippen molar-refractivity contribution in [3.05, 3.63) is 96.1 Å². The van der Waals surface area contributed by atoms with Crippen molar-refractivity contribution in [2.75, 3.05) is 5.75 Å². The van der Waals surface area contributed by atoms with Crippen molar-refractivity contribution in [3.8, 4) is 17.1 Å². The number of amides is 1. The molecule has 0 atom stereocenters. The highest BCUT2D eigenvalue weighted by molar-refractivity contribution is 7.99. The molecule has 1 amide bonds. The van der Waals surface area contributed by atoms with Crippen LogP contribution in [0.1, 0.15) is 18.1 Å². The van der Waals surface area contributed by atoms with Crippen molar-refractivity contribution in [2.24, 2.45) is 5.10 Å². The van der Waals surface area contributed by atoms with Gasteiger partial charge in [0, 0.05) is 11.3 Å². The maximum Gasteiger partial charge on any atom is 0.416 e. The second-order valence-electron chi connectivity index (χ2n) is 7.44. The summed E-state index contributed by atoms with van der Waals surface area (Å²) in [4.78, 5) is 12.4. The van der Waals surface area contributed by atoms with Gasteiger partial charge in [-0.3, -0.25) is 9.36 Å². The Morgan fingerprint density at radius 3 is 2.34 bits per heavy atom. The number of aromatic nitrogens is 3. The zero-order valence-corrected chi connectivity index (χ0v) is 19.3. The molecule has 10 heteroatoms. The van der Waals surface area contributed by atoms with Crippen LogP contribution in [0.2, 0.25) is 0 Å². The molecule has 4 aromatic rings. The summed E-state index contributed by atoms with van der Waals surface area (Å²) in [5.41, 5.74) is 3.87. The van der Waals surface area contributed by atoms with Crippen LogP contribution in [0.25, 0.3) is 17.1 Å². The van der Waals surface area contributed by atoms with E-state index >= 15 is 0 Å². The predicted molar refractivity (Wildman–Crippen MR) is 129 cm³/mol. The first kappa shape index (κ1) is 24.2. The van der Waals surface area contributed by atoms with E-state index in [2.05, 4.69) is 20.7 Å². The molecule has 0 bridgehead atoms. The van der Waals surface area contributed by atoms with Gasteiger partial charge in [0.25, 0.3) is 5.91 Å². The molecule has 0 spiro atoms. The Morgan fingerprint density at radius 1 is 0.971 bits per heavy atom. The van der Waals surface area contributed by atoms with Crippen LogP contribution in [0.5, 0.6) is 0 Å². The molecular formula is C25H20F3N5OS. The van der Waals surface area contributed by atoms with Gasteiger partial charge in [-0.2, -0.15) is 18.3 Å². The summed E-state index contributed by atoms with van der Waals surface area (Å²) >= 11 is 1.18. The van der Waals surface area contributed by atoms with Crippen LogP contribution in [0.15, 0.2) is 95.2 Å². The molecular weight excluding hydrogens is 475 g/mol. The highest BCUT2D eigenvalue weighted by Gasteiger charge is 2.30. The van der Waals surface area contributed by atoms with E-state index < -0.39 is 17.6 Å². The minimum atomic E-state index is -4.45. The topological polar surface area (TPSA) is 72.2 Å². The fourth-order valence-electron chi connectivity index (χ4n) is 3.24. The van der Waals surface area contributed by atoms with Crippen molar-refractivity contribution in [1.29, 1.82) is 0 Å². The van der Waals surface area contributed by atoms with Crippen LogP contribution < -0.4 is 5.43 Å². The van der Waals surface area contributed by atoms with Crippen LogP contribution in [-0.4, -0.2) is 32.1 Å². The lowest BCUT2D eigenvalue weighted by molar-refractivity contribution is -0.137. The summed E-state index contributed by atoms with van der Waals surface area (Å²) < 4.78 is 40.7. The Kier molecular flexibility index (Phi) is 7.31. The molecule has 0 fully saturated rings. The molecule has 0 saturated carbocycles. The van der Waals surface area contributed by atoms with Gasteiger partial charge in [0.2, 0.25) is 0 Å². The number of hydrazone groups is 1. The third-order valence-electron chi connectivity index (χ3n) is 4.97. The van der Waals surface area contributed by atoms with Gasteiger partial charge in [-0.25, -0.2) is 5.43 Å². The molecule has 35 heavy (non-hydrogen) atoms. The van der Waals surface area contributed by atoms with Gasteiger partial charge < -0.3 is 0 Å². The number of hydrogen-bond acceptors (Lipinski definition) is 5. The zero-order valence-electron chi connectivity index (χ0n) is 18.5. The van der Waals surface area contributed by atoms with Crippen LogP contribution >= 0.6 is 11.8 Å². The number of nitrogens with one attached hydrogen (secondary N) is 1. The van der Waals surface area contributed by atoms with Crippen LogP contribution in [-0.2, 0) is 11.0 Å². The highest BCUT2D eigenvalue weighted by Crippen LogP contribution is 2.30. The van der Waals surface area contributed by atoms with E-state index in [0.29, 0.717) is 11.0 Å². The van der Waals surface area contributed by atoms with Crippen molar-refractivity contribution in [1.82, 2.24) is 20.2 Å². The van der Waals surface area contributed by atoms with E-state index in [1.807, 2.05) is 65.2 Å². The molecule has 4 rings (SSSR count). The van der Waals surface area contributed by atoms with Gasteiger partial charge in [0.15, 0.2) is 11.0 Å². The first-order valence-electron chi connectivity index (χ1n) is 10.5. The number of hydrogen-bond donors (Lipinski definition) is 1. The van der Waals surface area contributed by atoms with E-state index in [4.69, 9.17) is 0 Å². The average molecular weight is 496 g/mol. The molecule has 1 heterocycles. The molecule has 178 valence electrons. The summed E-state index contributed by atoms with van der Waals surface area (Å²) in [6, 6.07) is 23.9. The van der Waals surface area contributed by atoms with E-state index in [1.165, 1.54) is 30.8 Å². The van der Waals surface area contributed by atoms with Gasteiger partial charge in [0.05, 0.1) is 17.0 Å². The summed E-state index contributed by atoms with van der Waals surface area (Å²) in [7, 11) is 0. The van der Waals surface area contributed by atoms with E-state index in [9.17, 15) is 18.0 Å². The molecule has 6 nitrogen and oxygen atoms in total. The highest BCUT2D eigenvalue weighted by atomic mass is 32.2. The number of para-hydroxylation sites is 1. The van der Waals surface area contributed by atoms with E-state index in [0.717, 1.165) is 23.4 Å². The Hall–Kier alpha value is -3.92. The lowest BCUT2D eigenvalue weighted by Crippen LogP contribution is -2.21. The average Bonchev–Trinajstić information content (AvgIpc) is 3.30. The number of alkyl halides is 3. The molecule has 0 saturated heterocycles. The maximum absolute atomic E-state index is 12.9. The lowest BCUT2D eigenvalue weighted by atomic mass is 10.1. The first-order valence-corrected chi connectivity index (χ1v) is 11.5. The van der Waals surface area contributed by atoms with Gasteiger partial charge in [-0.05, 0) is 36.8 Å². The SMILES string of the molecule is C/C(=N\NC(=O)CSc1nnc(-c2ccccc2)n1-c1ccccc1)c1cccc(C(F)(F)F)c1. The molecule has 0 radical (unpaired) electrons.